The summed E-state index contributed by atoms with van der Waals surface area (Å²) in [6.45, 7) is 4.59. The molecule has 1 aliphatic heterocycles. The molecular formula is C22H24FN3O3S2. The molecule has 2 heterocycles. The van der Waals surface area contributed by atoms with Gasteiger partial charge in [0.15, 0.2) is 4.80 Å². The fourth-order valence-corrected chi connectivity index (χ4v) is 6.34. The number of aryl methyl sites for hydroxylation is 3. The normalized spacial score (nSPS) is 16.8. The zero-order valence-electron chi connectivity index (χ0n) is 17.6. The summed E-state index contributed by atoms with van der Waals surface area (Å²) >= 11 is 1.48. The predicted octanol–water partition coefficient (Wildman–Crippen LogP) is 3.52. The first-order chi connectivity index (χ1) is 14.7. The van der Waals surface area contributed by atoms with Crippen LogP contribution in [0.15, 0.2) is 46.3 Å². The van der Waals surface area contributed by atoms with Gasteiger partial charge in [0.1, 0.15) is 5.82 Å². The molecule has 0 radical (unpaired) electrons. The lowest BCUT2D eigenvalue weighted by Crippen LogP contribution is -2.40. The van der Waals surface area contributed by atoms with E-state index in [0.717, 1.165) is 22.3 Å². The van der Waals surface area contributed by atoms with Crippen LogP contribution in [-0.2, 0) is 21.9 Å². The number of aromatic nitrogens is 1. The van der Waals surface area contributed by atoms with Gasteiger partial charge in [0.05, 0.1) is 15.1 Å². The first-order valence-electron chi connectivity index (χ1n) is 10.1. The molecule has 0 saturated carbocycles. The molecule has 1 fully saturated rings. The Morgan fingerprint density at radius 2 is 1.71 bits per heavy atom. The van der Waals surface area contributed by atoms with E-state index >= 15 is 0 Å². The van der Waals surface area contributed by atoms with Crippen LogP contribution in [0.1, 0.15) is 24.0 Å². The number of piperidine rings is 1. The van der Waals surface area contributed by atoms with Crippen molar-refractivity contribution >= 4 is 37.5 Å². The number of carbonyl (C=O) groups is 1. The van der Waals surface area contributed by atoms with Gasteiger partial charge < -0.3 is 4.57 Å². The fraction of sp³-hybridized carbons (Fsp3) is 0.364. The van der Waals surface area contributed by atoms with Crippen molar-refractivity contribution in [2.75, 3.05) is 13.1 Å². The van der Waals surface area contributed by atoms with Gasteiger partial charge in [-0.05, 0) is 74.2 Å². The average molecular weight is 462 g/mol. The molecule has 1 aromatic heterocycles. The second-order valence-electron chi connectivity index (χ2n) is 7.93. The minimum absolute atomic E-state index is 0.0613. The molecule has 164 valence electrons. The number of nitrogens with zero attached hydrogens (tertiary/aromatic N) is 3. The molecule has 6 nitrogen and oxygen atoms in total. The first-order valence-corrected chi connectivity index (χ1v) is 12.3. The highest BCUT2D eigenvalue weighted by Gasteiger charge is 2.32. The number of thiazole rings is 1. The number of amides is 1. The summed E-state index contributed by atoms with van der Waals surface area (Å²) < 4.78 is 43.0. The minimum atomic E-state index is -3.70. The highest BCUT2D eigenvalue weighted by atomic mass is 32.2. The lowest BCUT2D eigenvalue weighted by atomic mass is 9.98. The Bertz CT molecular complexity index is 1320. The van der Waals surface area contributed by atoms with Gasteiger partial charge in [0.2, 0.25) is 10.0 Å². The molecule has 0 atom stereocenters. The molecule has 0 spiro atoms. The molecule has 0 aliphatic carbocycles. The van der Waals surface area contributed by atoms with Gasteiger partial charge in [-0.15, -0.1) is 0 Å². The van der Waals surface area contributed by atoms with Crippen molar-refractivity contribution in [3.05, 3.63) is 58.1 Å². The van der Waals surface area contributed by atoms with E-state index in [1.54, 1.807) is 0 Å². The standard InChI is InChI=1S/C22H24FN3O3S2/c1-14-12-19-20(13-15(14)2)30-22(25(19)3)24-21(27)16-8-10-26(11-9-16)31(28,29)18-6-4-17(23)5-7-18/h4-7,12-13,16H,8-11H2,1-3H3. The van der Waals surface area contributed by atoms with Crippen LogP contribution in [0, 0.1) is 25.6 Å². The van der Waals surface area contributed by atoms with Gasteiger partial charge in [-0.1, -0.05) is 11.3 Å². The van der Waals surface area contributed by atoms with Crippen LogP contribution in [0.5, 0.6) is 0 Å². The van der Waals surface area contributed by atoms with Gasteiger partial charge in [-0.2, -0.15) is 9.30 Å². The molecule has 0 unspecified atom stereocenters. The highest BCUT2D eigenvalue weighted by molar-refractivity contribution is 7.89. The van der Waals surface area contributed by atoms with Crippen LogP contribution in [0.3, 0.4) is 0 Å². The molecule has 9 heteroatoms. The van der Waals surface area contributed by atoms with Crippen LogP contribution in [-0.4, -0.2) is 36.3 Å². The van der Waals surface area contributed by atoms with E-state index in [0.29, 0.717) is 17.6 Å². The Kier molecular flexibility index (Phi) is 5.85. The van der Waals surface area contributed by atoms with Crippen LogP contribution in [0.25, 0.3) is 10.2 Å². The number of hydrogen-bond acceptors (Lipinski definition) is 4. The summed E-state index contributed by atoms with van der Waals surface area (Å²) in [4.78, 5) is 17.9. The average Bonchev–Trinajstić information content (AvgIpc) is 3.03. The number of hydrogen-bond donors (Lipinski definition) is 0. The van der Waals surface area contributed by atoms with E-state index in [9.17, 15) is 17.6 Å². The van der Waals surface area contributed by atoms with Gasteiger partial charge in [0, 0.05) is 26.1 Å². The zero-order chi connectivity index (χ0) is 22.3. The number of fused-ring (bicyclic) bond motifs is 1. The minimum Gasteiger partial charge on any atom is -0.319 e. The largest absolute Gasteiger partial charge is 0.319 e. The Labute approximate surface area is 184 Å². The molecule has 1 amide bonds. The molecule has 1 saturated heterocycles. The number of sulfonamides is 1. The number of rotatable bonds is 3. The first kappa shape index (κ1) is 21.9. The van der Waals surface area contributed by atoms with Crippen LogP contribution >= 0.6 is 11.3 Å². The van der Waals surface area contributed by atoms with Crippen molar-refractivity contribution < 1.29 is 17.6 Å². The van der Waals surface area contributed by atoms with Gasteiger partial charge in [-0.3, -0.25) is 4.79 Å². The van der Waals surface area contributed by atoms with Crippen LogP contribution in [0.2, 0.25) is 0 Å². The second-order valence-corrected chi connectivity index (χ2v) is 10.9. The van der Waals surface area contributed by atoms with Crippen molar-refractivity contribution in [3.63, 3.8) is 0 Å². The number of halogens is 1. The number of benzene rings is 2. The quantitative estimate of drug-likeness (QED) is 0.599. The Morgan fingerprint density at radius 1 is 1.10 bits per heavy atom. The molecule has 1 aliphatic rings. The smallest absolute Gasteiger partial charge is 0.251 e. The molecule has 0 bridgehead atoms. The molecule has 2 aromatic carbocycles. The third kappa shape index (κ3) is 4.22. The third-order valence-corrected chi connectivity index (χ3v) is 8.89. The molecular weight excluding hydrogens is 437 g/mol. The molecule has 31 heavy (non-hydrogen) atoms. The molecule has 4 rings (SSSR count). The maximum Gasteiger partial charge on any atom is 0.251 e. The summed E-state index contributed by atoms with van der Waals surface area (Å²) in [7, 11) is -1.80. The number of carbonyl (C=O) groups excluding carboxylic acids is 1. The fourth-order valence-electron chi connectivity index (χ4n) is 3.77. The highest BCUT2D eigenvalue weighted by Crippen LogP contribution is 2.25. The van der Waals surface area contributed by atoms with Crippen molar-refractivity contribution in [2.24, 2.45) is 18.0 Å². The summed E-state index contributed by atoms with van der Waals surface area (Å²) in [5, 5.41) is 0. The van der Waals surface area contributed by atoms with Crippen molar-refractivity contribution in [1.29, 1.82) is 0 Å². The van der Waals surface area contributed by atoms with E-state index < -0.39 is 15.8 Å². The maximum atomic E-state index is 13.1. The van der Waals surface area contributed by atoms with Crippen molar-refractivity contribution in [3.8, 4) is 0 Å². The molecule has 0 N–H and O–H groups in total. The Hall–Kier alpha value is -2.36. The van der Waals surface area contributed by atoms with Crippen LogP contribution in [0.4, 0.5) is 4.39 Å². The second kappa shape index (κ2) is 8.29. The van der Waals surface area contributed by atoms with E-state index in [1.165, 1.54) is 38.9 Å². The van der Waals surface area contributed by atoms with Crippen molar-refractivity contribution in [1.82, 2.24) is 8.87 Å². The molecule has 3 aromatic rings. The lowest BCUT2D eigenvalue weighted by Gasteiger charge is -2.29. The summed E-state index contributed by atoms with van der Waals surface area (Å²) in [6.07, 6.45) is 0.825. The zero-order valence-corrected chi connectivity index (χ0v) is 19.3. The lowest BCUT2D eigenvalue weighted by molar-refractivity contribution is -0.122. The summed E-state index contributed by atoms with van der Waals surface area (Å²) in [6, 6.07) is 9.01. The Balaban J connectivity index is 1.50. The van der Waals surface area contributed by atoms with Gasteiger partial charge in [-0.25, -0.2) is 12.8 Å². The topological polar surface area (TPSA) is 71.7 Å². The van der Waals surface area contributed by atoms with Crippen molar-refractivity contribution in [2.45, 2.75) is 31.6 Å². The Morgan fingerprint density at radius 3 is 2.35 bits per heavy atom. The SMILES string of the molecule is Cc1cc2sc(=NC(=O)C3CCN(S(=O)(=O)c4ccc(F)cc4)CC3)n(C)c2cc1C. The van der Waals surface area contributed by atoms with Gasteiger partial charge >= 0.3 is 0 Å². The maximum absolute atomic E-state index is 13.1. The van der Waals surface area contributed by atoms with E-state index in [1.807, 2.05) is 11.6 Å². The van der Waals surface area contributed by atoms with E-state index in [-0.39, 0.29) is 29.8 Å². The monoisotopic (exact) mass is 461 g/mol. The van der Waals surface area contributed by atoms with E-state index in [4.69, 9.17) is 0 Å². The third-order valence-electron chi connectivity index (χ3n) is 5.89. The van der Waals surface area contributed by atoms with Crippen LogP contribution < -0.4 is 4.80 Å². The van der Waals surface area contributed by atoms with Gasteiger partial charge in [0.25, 0.3) is 5.91 Å². The van der Waals surface area contributed by atoms with E-state index in [2.05, 4.69) is 31.0 Å². The summed E-state index contributed by atoms with van der Waals surface area (Å²) in [5.41, 5.74) is 3.43. The summed E-state index contributed by atoms with van der Waals surface area (Å²) in [5.74, 6) is -1.01. The predicted molar refractivity (Wildman–Crippen MR) is 119 cm³/mol.